The first-order valence-corrected chi connectivity index (χ1v) is 5.36. The van der Waals surface area contributed by atoms with Crippen molar-refractivity contribution in [2.24, 2.45) is 0 Å². The number of para-hydroxylation sites is 1. The molecule has 0 spiro atoms. The number of rotatable bonds is 3. The molecule has 1 amide bonds. The number of ether oxygens (including phenoxy) is 1. The molecule has 0 radical (unpaired) electrons. The zero-order chi connectivity index (χ0) is 13.0. The zero-order valence-electron chi connectivity index (χ0n) is 9.88. The van der Waals surface area contributed by atoms with E-state index in [1.54, 1.807) is 36.5 Å². The van der Waals surface area contributed by atoms with Crippen LogP contribution in [0.1, 0.15) is 10.4 Å². The van der Waals surface area contributed by atoms with E-state index in [1.807, 2.05) is 0 Å². The molecule has 1 aromatic heterocycles. The summed E-state index contributed by atoms with van der Waals surface area (Å²) in [5, 5.41) is 2.72. The number of nitrogen functional groups attached to an aromatic ring is 1. The summed E-state index contributed by atoms with van der Waals surface area (Å²) in [6.45, 7) is 0. The molecule has 2 aromatic rings. The quantitative estimate of drug-likeness (QED) is 0.863. The second-order valence-corrected chi connectivity index (χ2v) is 3.62. The lowest BCUT2D eigenvalue weighted by Gasteiger charge is -2.10. The number of methoxy groups -OCH3 is 1. The molecule has 2 rings (SSSR count). The number of aromatic nitrogens is 1. The molecule has 1 aromatic carbocycles. The van der Waals surface area contributed by atoms with Crippen LogP contribution < -0.4 is 15.8 Å². The fourth-order valence-corrected chi connectivity index (χ4v) is 1.54. The van der Waals surface area contributed by atoms with Gasteiger partial charge in [0.2, 0.25) is 0 Å². The van der Waals surface area contributed by atoms with E-state index in [9.17, 15) is 4.79 Å². The van der Waals surface area contributed by atoms with E-state index in [2.05, 4.69) is 10.3 Å². The number of hydrogen-bond acceptors (Lipinski definition) is 4. The molecule has 5 heteroatoms. The van der Waals surface area contributed by atoms with Gasteiger partial charge in [-0.1, -0.05) is 12.1 Å². The normalized spacial score (nSPS) is 9.83. The van der Waals surface area contributed by atoms with Gasteiger partial charge in [0.25, 0.3) is 5.91 Å². The van der Waals surface area contributed by atoms with Gasteiger partial charge in [0.05, 0.1) is 30.2 Å². The number of nitrogens with two attached hydrogens (primary N) is 1. The molecule has 1 heterocycles. The van der Waals surface area contributed by atoms with Crippen molar-refractivity contribution >= 4 is 17.3 Å². The van der Waals surface area contributed by atoms with Gasteiger partial charge in [-0.25, -0.2) is 0 Å². The van der Waals surface area contributed by atoms with Crippen LogP contribution in [0.4, 0.5) is 11.4 Å². The number of hydrogen-bond donors (Lipinski definition) is 2. The van der Waals surface area contributed by atoms with Crippen LogP contribution in [0.15, 0.2) is 42.7 Å². The van der Waals surface area contributed by atoms with Gasteiger partial charge in [-0.15, -0.1) is 0 Å². The topological polar surface area (TPSA) is 77.2 Å². The Hall–Kier alpha value is -2.56. The molecule has 0 bridgehead atoms. The molecule has 0 saturated carbocycles. The van der Waals surface area contributed by atoms with E-state index in [1.165, 1.54) is 13.3 Å². The smallest absolute Gasteiger partial charge is 0.259 e. The molecule has 18 heavy (non-hydrogen) atoms. The van der Waals surface area contributed by atoms with Crippen molar-refractivity contribution in [1.29, 1.82) is 0 Å². The molecule has 0 unspecified atom stereocenters. The summed E-state index contributed by atoms with van der Waals surface area (Å²) in [6, 6.07) is 8.63. The van der Waals surface area contributed by atoms with E-state index in [4.69, 9.17) is 10.5 Å². The van der Waals surface area contributed by atoms with E-state index in [0.717, 1.165) is 0 Å². The number of amides is 1. The molecule has 5 nitrogen and oxygen atoms in total. The van der Waals surface area contributed by atoms with Crippen molar-refractivity contribution in [3.8, 4) is 5.75 Å². The summed E-state index contributed by atoms with van der Waals surface area (Å²) in [7, 11) is 1.52. The molecular formula is C13H13N3O2. The number of nitrogens with one attached hydrogen (secondary N) is 1. The Kier molecular flexibility index (Phi) is 3.43. The predicted molar refractivity (Wildman–Crippen MR) is 69.6 cm³/mol. The van der Waals surface area contributed by atoms with Crippen LogP contribution in [0.5, 0.6) is 5.75 Å². The van der Waals surface area contributed by atoms with Crippen LogP contribution in [0.25, 0.3) is 0 Å². The third-order valence-electron chi connectivity index (χ3n) is 2.45. The van der Waals surface area contributed by atoms with E-state index < -0.39 is 0 Å². The van der Waals surface area contributed by atoms with Gasteiger partial charge in [0.1, 0.15) is 5.75 Å². The molecule has 3 N–H and O–H groups in total. The summed E-state index contributed by atoms with van der Waals surface area (Å²) in [6.07, 6.45) is 3.05. The fourth-order valence-electron chi connectivity index (χ4n) is 1.54. The average molecular weight is 243 g/mol. The van der Waals surface area contributed by atoms with Crippen molar-refractivity contribution in [1.82, 2.24) is 4.98 Å². The van der Waals surface area contributed by atoms with Gasteiger partial charge in [-0.3, -0.25) is 9.78 Å². The number of nitrogens with zero attached hydrogens (tertiary/aromatic N) is 1. The first-order chi connectivity index (χ1) is 8.72. The maximum absolute atomic E-state index is 12.1. The van der Waals surface area contributed by atoms with Crippen molar-refractivity contribution < 1.29 is 9.53 Å². The fraction of sp³-hybridized carbons (Fsp3) is 0.0769. The summed E-state index contributed by atoms with van der Waals surface area (Å²) in [5.74, 6) is 0.243. The van der Waals surface area contributed by atoms with Crippen LogP contribution >= 0.6 is 0 Å². The standard InChI is InChI=1S/C13H13N3O2/c1-18-12-5-3-2-4-9(12)13(17)16-11-6-7-15-8-10(11)14/h2-8H,14H2,1H3,(H,15,16,17). The van der Waals surface area contributed by atoms with Gasteiger partial charge in [0, 0.05) is 6.20 Å². The Bertz CT molecular complexity index is 570. The number of pyridine rings is 1. The van der Waals surface area contributed by atoms with Crippen molar-refractivity contribution in [3.63, 3.8) is 0 Å². The van der Waals surface area contributed by atoms with Crippen LogP contribution in [-0.4, -0.2) is 18.0 Å². The van der Waals surface area contributed by atoms with Gasteiger partial charge in [-0.2, -0.15) is 0 Å². The lowest BCUT2D eigenvalue weighted by atomic mass is 10.2. The van der Waals surface area contributed by atoms with Crippen LogP contribution in [0.3, 0.4) is 0 Å². The Labute approximate surface area is 105 Å². The molecule has 0 atom stereocenters. The van der Waals surface area contributed by atoms with Crippen molar-refractivity contribution in [3.05, 3.63) is 48.3 Å². The summed E-state index contributed by atoms with van der Waals surface area (Å²) in [4.78, 5) is 15.9. The van der Waals surface area contributed by atoms with E-state index >= 15 is 0 Å². The number of carbonyl (C=O) groups excluding carboxylic acids is 1. The monoisotopic (exact) mass is 243 g/mol. The maximum Gasteiger partial charge on any atom is 0.259 e. The van der Waals surface area contributed by atoms with Gasteiger partial charge in [-0.05, 0) is 18.2 Å². The van der Waals surface area contributed by atoms with Crippen LogP contribution in [0, 0.1) is 0 Å². The predicted octanol–water partition coefficient (Wildman–Crippen LogP) is 1.92. The summed E-state index contributed by atoms with van der Waals surface area (Å²) in [5.41, 5.74) is 7.11. The third kappa shape index (κ3) is 2.40. The molecule has 0 aliphatic rings. The maximum atomic E-state index is 12.1. The second kappa shape index (κ2) is 5.18. The van der Waals surface area contributed by atoms with Crippen LogP contribution in [0.2, 0.25) is 0 Å². The minimum absolute atomic E-state index is 0.273. The third-order valence-corrected chi connectivity index (χ3v) is 2.45. The SMILES string of the molecule is COc1ccccc1C(=O)Nc1ccncc1N. The molecule has 0 aliphatic carbocycles. The lowest BCUT2D eigenvalue weighted by molar-refractivity contribution is 0.102. The zero-order valence-corrected chi connectivity index (χ0v) is 9.88. The Morgan fingerprint density at radius 3 is 2.83 bits per heavy atom. The van der Waals surface area contributed by atoms with Gasteiger partial charge < -0.3 is 15.8 Å². The molecule has 0 aliphatic heterocycles. The van der Waals surface area contributed by atoms with E-state index in [0.29, 0.717) is 22.7 Å². The molecule has 0 saturated heterocycles. The highest BCUT2D eigenvalue weighted by Gasteiger charge is 2.12. The largest absolute Gasteiger partial charge is 0.496 e. The number of benzene rings is 1. The Morgan fingerprint density at radius 2 is 2.11 bits per heavy atom. The number of carbonyl (C=O) groups is 1. The highest BCUT2D eigenvalue weighted by atomic mass is 16.5. The van der Waals surface area contributed by atoms with Crippen LogP contribution in [-0.2, 0) is 0 Å². The Balaban J connectivity index is 2.25. The Morgan fingerprint density at radius 1 is 1.33 bits per heavy atom. The van der Waals surface area contributed by atoms with Crippen molar-refractivity contribution in [2.45, 2.75) is 0 Å². The van der Waals surface area contributed by atoms with Gasteiger partial charge >= 0.3 is 0 Å². The molecule has 0 fully saturated rings. The lowest BCUT2D eigenvalue weighted by Crippen LogP contribution is -2.14. The first-order valence-electron chi connectivity index (χ1n) is 5.36. The number of anilines is 2. The summed E-state index contributed by atoms with van der Waals surface area (Å²) >= 11 is 0. The summed E-state index contributed by atoms with van der Waals surface area (Å²) < 4.78 is 5.13. The van der Waals surface area contributed by atoms with Gasteiger partial charge in [0.15, 0.2) is 0 Å². The van der Waals surface area contributed by atoms with Crippen molar-refractivity contribution in [2.75, 3.05) is 18.2 Å². The highest BCUT2D eigenvalue weighted by molar-refractivity contribution is 6.07. The highest BCUT2D eigenvalue weighted by Crippen LogP contribution is 2.21. The first kappa shape index (κ1) is 11.9. The minimum atomic E-state index is -0.273. The molecule has 92 valence electrons. The minimum Gasteiger partial charge on any atom is -0.496 e. The second-order valence-electron chi connectivity index (χ2n) is 3.62. The van der Waals surface area contributed by atoms with E-state index in [-0.39, 0.29) is 5.91 Å². The molecular weight excluding hydrogens is 230 g/mol. The average Bonchev–Trinajstić information content (AvgIpc) is 2.41.